The van der Waals surface area contributed by atoms with Gasteiger partial charge in [0.25, 0.3) is 0 Å². The fourth-order valence-corrected chi connectivity index (χ4v) is 1.18. The van der Waals surface area contributed by atoms with Crippen LogP contribution in [0.25, 0.3) is 6.08 Å². The monoisotopic (exact) mass is 220 g/mol. The summed E-state index contributed by atoms with van der Waals surface area (Å²) in [5, 5.41) is 0. The highest BCUT2D eigenvalue weighted by Gasteiger charge is 1.92. The lowest BCUT2D eigenvalue weighted by atomic mass is 10.2. The van der Waals surface area contributed by atoms with E-state index in [4.69, 9.17) is 9.47 Å². The van der Waals surface area contributed by atoms with Gasteiger partial charge in [-0.25, -0.2) is 0 Å². The molecule has 0 aliphatic carbocycles. The number of ether oxygens (including phenoxy) is 2. The Hall–Kier alpha value is -1.61. The third-order valence-corrected chi connectivity index (χ3v) is 1.98. The van der Waals surface area contributed by atoms with E-state index in [0.717, 1.165) is 17.6 Å². The lowest BCUT2D eigenvalue weighted by Gasteiger charge is -2.05. The third-order valence-electron chi connectivity index (χ3n) is 1.98. The van der Waals surface area contributed by atoms with Crippen LogP contribution < -0.4 is 4.74 Å². The molecule has 0 fully saturated rings. The highest BCUT2D eigenvalue weighted by molar-refractivity contribution is 5.58. The molecule has 0 amide bonds. The van der Waals surface area contributed by atoms with Crippen molar-refractivity contribution in [3.8, 4) is 5.75 Å². The van der Waals surface area contributed by atoms with Gasteiger partial charge in [-0.3, -0.25) is 0 Å². The fraction of sp³-hybridized carbons (Fsp3) is 0.308. The van der Waals surface area contributed by atoms with Crippen LogP contribution in [0, 0.1) is 0 Å². The third kappa shape index (κ3) is 4.75. The van der Waals surface area contributed by atoms with Crippen molar-refractivity contribution in [1.82, 2.24) is 0 Å². The number of hydrogen-bond acceptors (Lipinski definition) is 3. The van der Waals surface area contributed by atoms with Crippen molar-refractivity contribution in [2.24, 2.45) is 0 Å². The molecule has 0 bridgehead atoms. The number of benzene rings is 1. The van der Waals surface area contributed by atoms with Gasteiger partial charge >= 0.3 is 0 Å². The molecule has 0 aromatic heterocycles. The topological polar surface area (TPSA) is 35.5 Å². The van der Waals surface area contributed by atoms with Crippen LogP contribution in [-0.4, -0.2) is 26.6 Å². The number of methoxy groups -OCH3 is 1. The maximum atomic E-state index is 10.1. The van der Waals surface area contributed by atoms with Gasteiger partial charge in [-0.1, -0.05) is 24.3 Å². The molecule has 86 valence electrons. The van der Waals surface area contributed by atoms with Crippen LogP contribution in [0.2, 0.25) is 0 Å². The second kappa shape index (κ2) is 7.65. The number of carbonyl (C=O) groups is 1. The van der Waals surface area contributed by atoms with Crippen molar-refractivity contribution >= 4 is 12.4 Å². The first-order valence-electron chi connectivity index (χ1n) is 5.19. The molecule has 0 atom stereocenters. The molecular weight excluding hydrogens is 204 g/mol. The Morgan fingerprint density at radius 1 is 1.19 bits per heavy atom. The van der Waals surface area contributed by atoms with E-state index >= 15 is 0 Å². The number of aldehydes is 1. The summed E-state index contributed by atoms with van der Waals surface area (Å²) < 4.78 is 10.3. The molecule has 0 radical (unpaired) electrons. The number of hydrogen-bond donors (Lipinski definition) is 0. The second-order valence-corrected chi connectivity index (χ2v) is 3.22. The van der Waals surface area contributed by atoms with E-state index in [0.29, 0.717) is 19.6 Å². The largest absolute Gasteiger partial charge is 0.491 e. The Balaban J connectivity index is 2.44. The van der Waals surface area contributed by atoms with E-state index in [1.54, 1.807) is 7.11 Å². The van der Waals surface area contributed by atoms with Crippen LogP contribution in [0.3, 0.4) is 0 Å². The Morgan fingerprint density at radius 3 is 2.56 bits per heavy atom. The van der Waals surface area contributed by atoms with Gasteiger partial charge in [0.2, 0.25) is 0 Å². The molecule has 0 N–H and O–H groups in total. The summed E-state index contributed by atoms with van der Waals surface area (Å²) >= 11 is 0. The molecule has 16 heavy (non-hydrogen) atoms. The molecule has 0 aliphatic rings. The van der Waals surface area contributed by atoms with Crippen molar-refractivity contribution in [3.05, 3.63) is 35.9 Å². The molecule has 3 heteroatoms. The Bertz CT molecular complexity index is 328. The number of allylic oxidation sites excluding steroid dienone is 1. The standard InChI is InChI=1S/C13H16O3/c1-15-10-11-16-13-7-5-12(6-8-13)4-2-3-9-14/h2,4-9H,3,10-11H2,1H3. The van der Waals surface area contributed by atoms with Crippen molar-refractivity contribution in [1.29, 1.82) is 0 Å². The predicted molar refractivity (Wildman–Crippen MR) is 63.5 cm³/mol. The molecular formula is C13H16O3. The van der Waals surface area contributed by atoms with E-state index in [9.17, 15) is 4.79 Å². The lowest BCUT2D eigenvalue weighted by molar-refractivity contribution is -0.107. The maximum absolute atomic E-state index is 10.1. The van der Waals surface area contributed by atoms with E-state index in [2.05, 4.69) is 0 Å². The van der Waals surface area contributed by atoms with Crippen LogP contribution in [0.5, 0.6) is 5.75 Å². The van der Waals surface area contributed by atoms with E-state index in [1.807, 2.05) is 36.4 Å². The number of rotatable bonds is 7. The van der Waals surface area contributed by atoms with Crippen molar-refractivity contribution in [3.63, 3.8) is 0 Å². The SMILES string of the molecule is COCCOc1ccc(C=CCC=O)cc1. The zero-order valence-electron chi connectivity index (χ0n) is 9.39. The predicted octanol–water partition coefficient (Wildman–Crippen LogP) is 2.31. The molecule has 0 saturated heterocycles. The van der Waals surface area contributed by atoms with Crippen molar-refractivity contribution in [2.75, 3.05) is 20.3 Å². The van der Waals surface area contributed by atoms with Gasteiger partial charge in [-0.2, -0.15) is 0 Å². The highest BCUT2D eigenvalue weighted by atomic mass is 16.5. The molecule has 0 saturated carbocycles. The van der Waals surface area contributed by atoms with E-state index in [-0.39, 0.29) is 0 Å². The molecule has 1 aromatic carbocycles. The summed E-state index contributed by atoms with van der Waals surface area (Å²) in [5.41, 5.74) is 1.06. The molecule has 0 unspecified atom stereocenters. The van der Waals surface area contributed by atoms with Gasteiger partial charge < -0.3 is 14.3 Å². The zero-order chi connectivity index (χ0) is 11.6. The fourth-order valence-electron chi connectivity index (χ4n) is 1.18. The molecule has 0 aliphatic heterocycles. The van der Waals surface area contributed by atoms with E-state index < -0.39 is 0 Å². The summed E-state index contributed by atoms with van der Waals surface area (Å²) in [4.78, 5) is 10.1. The summed E-state index contributed by atoms with van der Waals surface area (Å²) in [6, 6.07) is 7.69. The Morgan fingerprint density at radius 2 is 1.94 bits per heavy atom. The van der Waals surface area contributed by atoms with Gasteiger partial charge in [-0.15, -0.1) is 0 Å². The minimum atomic E-state index is 0.450. The van der Waals surface area contributed by atoms with Crippen LogP contribution in [0.15, 0.2) is 30.3 Å². The minimum absolute atomic E-state index is 0.450. The molecule has 1 aromatic rings. The Labute approximate surface area is 95.7 Å². The molecule has 0 spiro atoms. The van der Waals surface area contributed by atoms with Crippen LogP contribution >= 0.6 is 0 Å². The molecule has 1 rings (SSSR count). The maximum Gasteiger partial charge on any atom is 0.123 e. The van der Waals surface area contributed by atoms with Crippen molar-refractivity contribution in [2.45, 2.75) is 6.42 Å². The average molecular weight is 220 g/mol. The van der Waals surface area contributed by atoms with Gasteiger partial charge in [-0.05, 0) is 17.7 Å². The summed E-state index contributed by atoms with van der Waals surface area (Å²) in [6.45, 7) is 1.14. The van der Waals surface area contributed by atoms with Gasteiger partial charge in [0, 0.05) is 13.5 Å². The first-order valence-corrected chi connectivity index (χ1v) is 5.19. The van der Waals surface area contributed by atoms with Gasteiger partial charge in [0.05, 0.1) is 6.61 Å². The van der Waals surface area contributed by atoms with Gasteiger partial charge in [0.15, 0.2) is 0 Å². The van der Waals surface area contributed by atoms with Crippen LogP contribution in [0.4, 0.5) is 0 Å². The number of carbonyl (C=O) groups excluding carboxylic acids is 1. The summed E-state index contributed by atoms with van der Waals surface area (Å²) in [6.07, 6.45) is 5.06. The summed E-state index contributed by atoms with van der Waals surface area (Å²) in [7, 11) is 1.64. The van der Waals surface area contributed by atoms with Crippen molar-refractivity contribution < 1.29 is 14.3 Å². The second-order valence-electron chi connectivity index (χ2n) is 3.22. The summed E-state index contributed by atoms with van der Waals surface area (Å²) in [5.74, 6) is 0.824. The van der Waals surface area contributed by atoms with Gasteiger partial charge in [0.1, 0.15) is 18.6 Å². The zero-order valence-corrected chi connectivity index (χ0v) is 9.39. The highest BCUT2D eigenvalue weighted by Crippen LogP contribution is 2.13. The lowest BCUT2D eigenvalue weighted by Crippen LogP contribution is -2.03. The first-order chi connectivity index (χ1) is 7.86. The quantitative estimate of drug-likeness (QED) is 0.522. The minimum Gasteiger partial charge on any atom is -0.491 e. The smallest absolute Gasteiger partial charge is 0.123 e. The molecule has 0 heterocycles. The Kier molecular flexibility index (Phi) is 5.96. The van der Waals surface area contributed by atoms with Crippen LogP contribution in [0.1, 0.15) is 12.0 Å². The normalized spacial score (nSPS) is 10.6. The van der Waals surface area contributed by atoms with E-state index in [1.165, 1.54) is 0 Å². The first kappa shape index (κ1) is 12.5. The van der Waals surface area contributed by atoms with Crippen LogP contribution in [-0.2, 0) is 9.53 Å². The molecule has 3 nitrogen and oxygen atoms in total. The average Bonchev–Trinajstić information content (AvgIpc) is 2.32.